The molecule has 7 rings (SSSR count). The van der Waals surface area contributed by atoms with Crippen molar-refractivity contribution < 1.29 is 29.3 Å². The van der Waals surface area contributed by atoms with Crippen molar-refractivity contribution in [2.45, 2.75) is 83.2 Å². The van der Waals surface area contributed by atoms with E-state index >= 15 is 0 Å². The van der Waals surface area contributed by atoms with Crippen molar-refractivity contribution in [1.82, 2.24) is 20.4 Å². The highest BCUT2D eigenvalue weighted by Gasteiger charge is 2.56. The number of ether oxygens (including phenoxy) is 2. The van der Waals surface area contributed by atoms with Gasteiger partial charge in [-0.05, 0) is 69.8 Å². The number of aryl methyl sites for hydroxylation is 1. The summed E-state index contributed by atoms with van der Waals surface area (Å²) < 4.78 is 11.8. The number of carbonyl (C=O) groups excluding carboxylic acids is 2. The van der Waals surface area contributed by atoms with Gasteiger partial charge < -0.3 is 30.3 Å². The molecular formula is C37H41N5O6. The number of rotatable bonds is 6. The van der Waals surface area contributed by atoms with Gasteiger partial charge in [0.05, 0.1) is 24.6 Å². The number of nitrogens with zero attached hydrogens (tertiary/aromatic N) is 3. The molecule has 6 atom stereocenters. The zero-order valence-electron chi connectivity index (χ0n) is 27.8. The molecule has 3 aromatic carbocycles. The van der Waals surface area contributed by atoms with E-state index in [1.165, 1.54) is 0 Å². The zero-order chi connectivity index (χ0) is 34.0. The third-order valence-electron chi connectivity index (χ3n) is 10.9. The van der Waals surface area contributed by atoms with Crippen molar-refractivity contribution in [3.05, 3.63) is 80.9 Å². The monoisotopic (exact) mass is 651 g/mol. The summed E-state index contributed by atoms with van der Waals surface area (Å²) in [5, 5.41) is 39.8. The Kier molecular flexibility index (Phi) is 7.96. The van der Waals surface area contributed by atoms with E-state index in [4.69, 9.17) is 9.47 Å². The summed E-state index contributed by atoms with van der Waals surface area (Å²) in [5.41, 5.74) is 6.49. The van der Waals surface area contributed by atoms with E-state index in [2.05, 4.69) is 32.6 Å². The van der Waals surface area contributed by atoms with Gasteiger partial charge in [-0.25, -0.2) is 0 Å². The average molecular weight is 652 g/mol. The van der Waals surface area contributed by atoms with Gasteiger partial charge in [-0.1, -0.05) is 36.4 Å². The minimum absolute atomic E-state index is 0.00536. The van der Waals surface area contributed by atoms with Gasteiger partial charge in [-0.2, -0.15) is 5.26 Å². The third-order valence-corrected chi connectivity index (χ3v) is 10.9. The van der Waals surface area contributed by atoms with Crippen LogP contribution in [0.5, 0.6) is 23.0 Å². The fourth-order valence-electron chi connectivity index (χ4n) is 8.40. The highest BCUT2D eigenvalue weighted by molar-refractivity contribution is 5.88. The molecule has 3 aromatic rings. The first kappa shape index (κ1) is 31.8. The number of phenols is 2. The van der Waals surface area contributed by atoms with Gasteiger partial charge in [0.15, 0.2) is 11.5 Å². The first-order valence-electron chi connectivity index (χ1n) is 16.5. The van der Waals surface area contributed by atoms with Crippen molar-refractivity contribution in [3.63, 3.8) is 0 Å². The summed E-state index contributed by atoms with van der Waals surface area (Å²) in [4.78, 5) is 30.6. The largest absolute Gasteiger partial charge is 0.507 e. The number of nitrogens with one attached hydrogen (secondary N) is 2. The van der Waals surface area contributed by atoms with Crippen LogP contribution in [0.4, 0.5) is 0 Å². The van der Waals surface area contributed by atoms with E-state index in [9.17, 15) is 25.1 Å². The summed E-state index contributed by atoms with van der Waals surface area (Å²) in [6, 6.07) is 11.3. The van der Waals surface area contributed by atoms with Gasteiger partial charge in [-0.15, -0.1) is 0 Å². The number of likely N-dealkylation sites (N-methyl/N-ethyl adjacent to an activating group) is 1. The first-order chi connectivity index (χ1) is 23.0. The maximum atomic E-state index is 13.5. The zero-order valence-corrected chi connectivity index (χ0v) is 27.8. The van der Waals surface area contributed by atoms with Crippen LogP contribution >= 0.6 is 0 Å². The molecule has 1 saturated heterocycles. The average Bonchev–Trinajstić information content (AvgIpc) is 3.56. The fourth-order valence-corrected chi connectivity index (χ4v) is 8.40. The summed E-state index contributed by atoms with van der Waals surface area (Å²) >= 11 is 0. The van der Waals surface area contributed by atoms with E-state index in [1.807, 2.05) is 51.2 Å². The Balaban J connectivity index is 1.26. The molecule has 4 aliphatic heterocycles. The summed E-state index contributed by atoms with van der Waals surface area (Å²) in [7, 11) is 2.01. The Hall–Kier alpha value is -4.79. The molecule has 11 nitrogen and oxygen atoms in total. The molecule has 0 aromatic heterocycles. The lowest BCUT2D eigenvalue weighted by Gasteiger charge is -2.60. The van der Waals surface area contributed by atoms with Gasteiger partial charge in [-0.3, -0.25) is 19.4 Å². The van der Waals surface area contributed by atoms with Crippen molar-refractivity contribution >= 4 is 11.8 Å². The summed E-state index contributed by atoms with van der Waals surface area (Å²) in [5.74, 6) is 0.693. The van der Waals surface area contributed by atoms with Crippen LogP contribution in [0.2, 0.25) is 0 Å². The molecule has 2 amide bonds. The number of phenolic OH excluding ortho intramolecular Hbond substituents is 2. The van der Waals surface area contributed by atoms with Gasteiger partial charge in [0.25, 0.3) is 0 Å². The third kappa shape index (κ3) is 4.93. The van der Waals surface area contributed by atoms with E-state index in [0.717, 1.165) is 27.8 Å². The molecule has 0 aliphatic carbocycles. The lowest BCUT2D eigenvalue weighted by Crippen LogP contribution is -2.69. The lowest BCUT2D eigenvalue weighted by molar-refractivity contribution is -0.128. The van der Waals surface area contributed by atoms with Crippen LogP contribution < -0.4 is 20.1 Å². The van der Waals surface area contributed by atoms with Crippen molar-refractivity contribution in [1.29, 1.82) is 5.26 Å². The van der Waals surface area contributed by atoms with Crippen LogP contribution in [0.15, 0.2) is 36.4 Å². The molecule has 0 spiro atoms. The van der Waals surface area contributed by atoms with Crippen LogP contribution in [-0.2, 0) is 28.9 Å². The molecule has 4 heterocycles. The molecule has 1 unspecified atom stereocenters. The maximum Gasteiger partial charge on any atom is 0.242 e. The van der Waals surface area contributed by atoms with Gasteiger partial charge in [0.2, 0.25) is 18.6 Å². The molecule has 2 bridgehead atoms. The number of piperazine rings is 1. The van der Waals surface area contributed by atoms with Crippen LogP contribution in [0.25, 0.3) is 0 Å². The van der Waals surface area contributed by atoms with Crippen LogP contribution in [0.3, 0.4) is 0 Å². The Labute approximate surface area is 280 Å². The molecule has 4 aliphatic rings. The number of amides is 2. The Morgan fingerprint density at radius 3 is 2.48 bits per heavy atom. The smallest absolute Gasteiger partial charge is 0.242 e. The van der Waals surface area contributed by atoms with Crippen LogP contribution in [0.1, 0.15) is 63.5 Å². The molecule has 0 saturated carbocycles. The molecule has 1 fully saturated rings. The van der Waals surface area contributed by atoms with Crippen LogP contribution in [-0.4, -0.2) is 76.4 Å². The molecule has 11 heteroatoms. The molecule has 4 N–H and O–H groups in total. The van der Waals surface area contributed by atoms with Crippen molar-refractivity contribution in [2.75, 3.05) is 20.4 Å². The van der Waals surface area contributed by atoms with E-state index in [1.54, 1.807) is 13.8 Å². The quantitative estimate of drug-likeness (QED) is 0.315. The number of nitriles is 1. The fraction of sp³-hybridized carbons (Fsp3) is 0.432. The highest BCUT2D eigenvalue weighted by Crippen LogP contribution is 2.57. The second-order valence-electron chi connectivity index (χ2n) is 13.6. The highest BCUT2D eigenvalue weighted by atomic mass is 16.7. The summed E-state index contributed by atoms with van der Waals surface area (Å²) in [6.45, 7) is 7.42. The van der Waals surface area contributed by atoms with Crippen molar-refractivity contribution in [3.8, 4) is 29.1 Å². The number of aromatic hydroxyl groups is 2. The number of carbonyl (C=O) groups is 2. The topological polar surface area (TPSA) is 147 Å². The normalized spacial score (nSPS) is 24.5. The minimum atomic E-state index is -0.814. The summed E-state index contributed by atoms with van der Waals surface area (Å²) in [6.07, 6.45) is 1.12. The Bertz CT molecular complexity index is 1860. The predicted molar refractivity (Wildman–Crippen MR) is 177 cm³/mol. The molecule has 250 valence electrons. The number of benzene rings is 3. The van der Waals surface area contributed by atoms with Gasteiger partial charge in [0, 0.05) is 40.9 Å². The van der Waals surface area contributed by atoms with Crippen molar-refractivity contribution in [2.24, 2.45) is 0 Å². The minimum Gasteiger partial charge on any atom is -0.507 e. The second-order valence-corrected chi connectivity index (χ2v) is 13.6. The lowest BCUT2D eigenvalue weighted by atomic mass is 9.71. The molecule has 0 radical (unpaired) electrons. The number of hydrogen-bond donors (Lipinski definition) is 4. The molecular weight excluding hydrogens is 610 g/mol. The first-order valence-corrected chi connectivity index (χ1v) is 16.5. The van der Waals surface area contributed by atoms with Gasteiger partial charge >= 0.3 is 0 Å². The molecule has 48 heavy (non-hydrogen) atoms. The predicted octanol–water partition coefficient (Wildman–Crippen LogP) is 3.39. The Morgan fingerprint density at radius 2 is 1.75 bits per heavy atom. The SMILES string of the molecule is Cc1cc2c(c(O)c1C)[C@@H]1C3Cc4c(O)c(C)c5c(c4[C@H](CNC(=O)[C@H](C)NC(=O)Cc4ccccc4)N3[C@@H](C#N)[C@@H](C2)N1C)OCO5. The van der Waals surface area contributed by atoms with Crippen LogP contribution in [0, 0.1) is 32.1 Å². The van der Waals surface area contributed by atoms with E-state index in [0.29, 0.717) is 41.0 Å². The standard InChI is InChI=1S/C37H41N5O6/c1-18-11-23-13-25-27(15-38)42-26(32(41(25)5)30(23)34(45)19(18)2)14-24-31(36-35(47-17-48-36)20(3)33(24)44)28(42)16-39-37(46)21(4)40-29(43)12-22-9-7-6-8-10-22/h6-11,21,25-28,32,44-45H,12-14,16-17H2,1-5H3,(H,39,46)(H,40,43)/t21-,25+,26?,27-,28-,32-/m0/s1. The van der Waals surface area contributed by atoms with E-state index < -0.39 is 18.1 Å². The maximum absolute atomic E-state index is 13.5. The Morgan fingerprint density at radius 1 is 1.02 bits per heavy atom. The number of hydrogen-bond acceptors (Lipinski definition) is 9. The van der Waals surface area contributed by atoms with Gasteiger partial charge in [0.1, 0.15) is 23.6 Å². The van der Waals surface area contributed by atoms with E-state index in [-0.39, 0.29) is 61.2 Å². The number of fused-ring (bicyclic) bond motifs is 9. The second kappa shape index (κ2) is 12.0.